The lowest BCUT2D eigenvalue weighted by molar-refractivity contribution is 1.26. The molecule has 0 atom stereocenters. The van der Waals surface area contributed by atoms with Crippen LogP contribution in [0.5, 0.6) is 0 Å². The molecule has 0 unspecified atom stereocenters. The third-order valence-electron chi connectivity index (χ3n) is 1.41. The number of rotatable bonds is 1. The zero-order valence-electron chi connectivity index (χ0n) is 5.72. The van der Waals surface area contributed by atoms with Crippen LogP contribution in [0.2, 0.25) is 0 Å². The molecular formula is C9H11+. The standard InChI is InChI=1S/C9H11/c1-3-9-6-4-8(2)5-7-9/h4-7H,1,3H2,2H3/q+1. The van der Waals surface area contributed by atoms with Crippen LogP contribution >= 0.6 is 0 Å². The van der Waals surface area contributed by atoms with E-state index in [0.717, 1.165) is 6.42 Å². The van der Waals surface area contributed by atoms with Gasteiger partial charge in [-0.25, -0.2) is 0 Å². The van der Waals surface area contributed by atoms with Crippen LogP contribution in [0.4, 0.5) is 0 Å². The predicted octanol–water partition coefficient (Wildman–Crippen LogP) is 2.37. The van der Waals surface area contributed by atoms with Gasteiger partial charge in [0.2, 0.25) is 0 Å². The lowest BCUT2D eigenvalue weighted by Crippen LogP contribution is -1.78. The Balaban J connectivity index is 2.88. The van der Waals surface area contributed by atoms with Crippen molar-refractivity contribution in [3.05, 3.63) is 42.3 Å². The highest BCUT2D eigenvalue weighted by Gasteiger charge is 1.88. The summed E-state index contributed by atoms with van der Waals surface area (Å²) < 4.78 is 0. The van der Waals surface area contributed by atoms with Crippen LogP contribution < -0.4 is 0 Å². The Morgan fingerprint density at radius 3 is 2.22 bits per heavy atom. The van der Waals surface area contributed by atoms with Crippen molar-refractivity contribution >= 4 is 0 Å². The summed E-state index contributed by atoms with van der Waals surface area (Å²) in [6.45, 7) is 5.88. The van der Waals surface area contributed by atoms with Gasteiger partial charge in [-0.3, -0.25) is 0 Å². The fourth-order valence-electron chi connectivity index (χ4n) is 0.755. The van der Waals surface area contributed by atoms with Gasteiger partial charge in [0.05, 0.1) is 6.92 Å². The molecule has 0 heteroatoms. The van der Waals surface area contributed by atoms with Crippen LogP contribution in [0, 0.1) is 13.8 Å². The van der Waals surface area contributed by atoms with Crippen molar-refractivity contribution in [2.24, 2.45) is 0 Å². The van der Waals surface area contributed by atoms with E-state index in [9.17, 15) is 0 Å². The summed E-state index contributed by atoms with van der Waals surface area (Å²) in [7, 11) is 0. The van der Waals surface area contributed by atoms with Crippen molar-refractivity contribution < 1.29 is 0 Å². The molecule has 0 bridgehead atoms. The number of aryl methyl sites for hydroxylation is 1. The summed E-state index contributed by atoms with van der Waals surface area (Å²) in [4.78, 5) is 0. The third kappa shape index (κ3) is 1.49. The van der Waals surface area contributed by atoms with Crippen molar-refractivity contribution in [2.45, 2.75) is 13.3 Å². The lowest BCUT2D eigenvalue weighted by atomic mass is 10.1. The molecule has 9 heavy (non-hydrogen) atoms. The molecule has 0 fully saturated rings. The smallest absolute Gasteiger partial charge is 0.0589 e. The molecule has 1 rings (SSSR count). The van der Waals surface area contributed by atoms with Gasteiger partial charge in [-0.05, 0) is 12.5 Å². The Morgan fingerprint density at radius 1 is 1.22 bits per heavy atom. The van der Waals surface area contributed by atoms with E-state index < -0.39 is 0 Å². The minimum atomic E-state index is 0.889. The zero-order chi connectivity index (χ0) is 6.69. The second-order valence-corrected chi connectivity index (χ2v) is 2.24. The van der Waals surface area contributed by atoms with Crippen molar-refractivity contribution in [2.75, 3.05) is 0 Å². The average Bonchev–Trinajstić information content (AvgIpc) is 1.90. The van der Waals surface area contributed by atoms with E-state index >= 15 is 0 Å². The largest absolute Gasteiger partial charge is 0.110 e. The Bertz CT molecular complexity index is 172. The van der Waals surface area contributed by atoms with Crippen LogP contribution in [-0.4, -0.2) is 0 Å². The van der Waals surface area contributed by atoms with Gasteiger partial charge in [0.15, 0.2) is 0 Å². The average molecular weight is 119 g/mol. The molecule has 0 saturated heterocycles. The summed E-state index contributed by atoms with van der Waals surface area (Å²) in [6, 6.07) is 8.45. The maximum atomic E-state index is 3.79. The Kier molecular flexibility index (Phi) is 1.78. The Morgan fingerprint density at radius 2 is 1.78 bits per heavy atom. The number of benzene rings is 1. The van der Waals surface area contributed by atoms with E-state index in [1.807, 2.05) is 0 Å². The van der Waals surface area contributed by atoms with Gasteiger partial charge < -0.3 is 0 Å². The molecule has 0 amide bonds. The predicted molar refractivity (Wildman–Crippen MR) is 40.2 cm³/mol. The minimum Gasteiger partial charge on any atom is -0.0589 e. The number of hydrogen-bond acceptors (Lipinski definition) is 0. The molecule has 46 valence electrons. The van der Waals surface area contributed by atoms with Crippen molar-refractivity contribution in [3.8, 4) is 0 Å². The fraction of sp³-hybridized carbons (Fsp3) is 0.222. The van der Waals surface area contributed by atoms with Crippen LogP contribution in [-0.2, 0) is 6.42 Å². The quantitative estimate of drug-likeness (QED) is 0.498. The van der Waals surface area contributed by atoms with E-state index in [-0.39, 0.29) is 0 Å². The molecule has 0 radical (unpaired) electrons. The molecule has 0 saturated carbocycles. The van der Waals surface area contributed by atoms with E-state index in [1.165, 1.54) is 11.1 Å². The monoisotopic (exact) mass is 119 g/mol. The van der Waals surface area contributed by atoms with Crippen molar-refractivity contribution in [3.63, 3.8) is 0 Å². The first-order chi connectivity index (χ1) is 4.33. The third-order valence-corrected chi connectivity index (χ3v) is 1.41. The first kappa shape index (κ1) is 6.21. The maximum absolute atomic E-state index is 3.79. The summed E-state index contributed by atoms with van der Waals surface area (Å²) in [5.74, 6) is 0. The molecule has 0 N–H and O–H groups in total. The highest BCUT2D eigenvalue weighted by atomic mass is 13.9. The molecule has 0 aliphatic carbocycles. The fourth-order valence-corrected chi connectivity index (χ4v) is 0.755. The molecule has 0 aromatic heterocycles. The SMILES string of the molecule is [CH2+]Cc1ccc(C)cc1. The highest BCUT2D eigenvalue weighted by Crippen LogP contribution is 2.02. The maximum Gasteiger partial charge on any atom is 0.110 e. The first-order valence-corrected chi connectivity index (χ1v) is 3.17. The second-order valence-electron chi connectivity index (χ2n) is 2.24. The van der Waals surface area contributed by atoms with Gasteiger partial charge in [0, 0.05) is 0 Å². The minimum absolute atomic E-state index is 0.889. The van der Waals surface area contributed by atoms with Crippen LogP contribution in [0.25, 0.3) is 0 Å². The zero-order valence-corrected chi connectivity index (χ0v) is 5.72. The van der Waals surface area contributed by atoms with E-state index in [1.54, 1.807) is 0 Å². The van der Waals surface area contributed by atoms with Gasteiger partial charge in [0.25, 0.3) is 0 Å². The van der Waals surface area contributed by atoms with Gasteiger partial charge in [-0.1, -0.05) is 29.8 Å². The summed E-state index contributed by atoms with van der Waals surface area (Å²) >= 11 is 0. The summed E-state index contributed by atoms with van der Waals surface area (Å²) in [5, 5.41) is 0. The summed E-state index contributed by atoms with van der Waals surface area (Å²) in [6.07, 6.45) is 0.889. The first-order valence-electron chi connectivity index (χ1n) is 3.17. The molecule has 0 nitrogen and oxygen atoms in total. The topological polar surface area (TPSA) is 0 Å². The van der Waals surface area contributed by atoms with Crippen LogP contribution in [0.1, 0.15) is 11.1 Å². The van der Waals surface area contributed by atoms with Gasteiger partial charge in [-0.2, -0.15) is 0 Å². The van der Waals surface area contributed by atoms with Gasteiger partial charge >= 0.3 is 0 Å². The molecule has 0 aliphatic heterocycles. The highest BCUT2D eigenvalue weighted by molar-refractivity contribution is 5.21. The second kappa shape index (κ2) is 2.58. The molecule has 1 aromatic rings. The van der Waals surface area contributed by atoms with Gasteiger partial charge in [0.1, 0.15) is 6.42 Å². The van der Waals surface area contributed by atoms with Crippen molar-refractivity contribution in [1.29, 1.82) is 0 Å². The van der Waals surface area contributed by atoms with Gasteiger partial charge in [-0.15, -0.1) is 0 Å². The number of hydrogen-bond donors (Lipinski definition) is 0. The lowest BCUT2D eigenvalue weighted by Gasteiger charge is -1.91. The Labute approximate surface area is 56.5 Å². The normalized spacial score (nSPS) is 9.44. The molecule has 0 spiro atoms. The molecule has 0 aliphatic rings. The van der Waals surface area contributed by atoms with E-state index in [4.69, 9.17) is 0 Å². The molecule has 1 aromatic carbocycles. The van der Waals surface area contributed by atoms with Crippen LogP contribution in [0.15, 0.2) is 24.3 Å². The van der Waals surface area contributed by atoms with Crippen molar-refractivity contribution in [1.82, 2.24) is 0 Å². The van der Waals surface area contributed by atoms with Crippen LogP contribution in [0.3, 0.4) is 0 Å². The Hall–Kier alpha value is -0.910. The summed E-state index contributed by atoms with van der Waals surface area (Å²) in [5.41, 5.74) is 2.62. The van der Waals surface area contributed by atoms with E-state index in [0.29, 0.717) is 0 Å². The van der Waals surface area contributed by atoms with E-state index in [2.05, 4.69) is 38.1 Å². The molecular weight excluding hydrogens is 108 g/mol. The molecule has 0 heterocycles.